The number of nitrogens with zero attached hydrogens (tertiary/aromatic N) is 3. The van der Waals surface area contributed by atoms with Gasteiger partial charge in [-0.3, -0.25) is 5.32 Å². The first-order valence-electron chi connectivity index (χ1n) is 7.04. The monoisotopic (exact) mass is 341 g/mol. The van der Waals surface area contributed by atoms with Crippen molar-refractivity contribution >= 4 is 11.8 Å². The Bertz CT molecular complexity index is 705. The van der Waals surface area contributed by atoms with Crippen molar-refractivity contribution in [3.05, 3.63) is 29.9 Å². The molecule has 0 unspecified atom stereocenters. The van der Waals surface area contributed by atoms with E-state index in [1.807, 2.05) is 0 Å². The standard InChI is InChI=1S/C14H17F2N5O3/c1-8-17-12(24-21-8)14(2,3)20-13(22)19-10-5-4-6-11(18-10)23-7-9(15)16/h4-6,9H,7H2,1-3H3,(H2,18,19,20,22). The number of aryl methyl sites for hydroxylation is 1. The molecule has 2 N–H and O–H groups in total. The predicted octanol–water partition coefficient (Wildman–Crippen LogP) is 2.47. The summed E-state index contributed by atoms with van der Waals surface area (Å²) in [6.07, 6.45) is -2.61. The average molecular weight is 341 g/mol. The van der Waals surface area contributed by atoms with Gasteiger partial charge in [-0.2, -0.15) is 9.97 Å². The van der Waals surface area contributed by atoms with E-state index in [-0.39, 0.29) is 17.6 Å². The molecule has 8 nitrogen and oxygen atoms in total. The number of carbonyl (C=O) groups is 1. The number of hydrogen-bond acceptors (Lipinski definition) is 6. The van der Waals surface area contributed by atoms with Crippen molar-refractivity contribution in [2.24, 2.45) is 0 Å². The second kappa shape index (κ2) is 7.20. The molecule has 0 saturated carbocycles. The fourth-order valence-electron chi connectivity index (χ4n) is 1.75. The van der Waals surface area contributed by atoms with E-state index in [0.717, 1.165) is 0 Å². The second-order valence-corrected chi connectivity index (χ2v) is 5.41. The van der Waals surface area contributed by atoms with Crippen LogP contribution < -0.4 is 15.4 Å². The third-order valence-corrected chi connectivity index (χ3v) is 2.81. The lowest BCUT2D eigenvalue weighted by atomic mass is 10.1. The van der Waals surface area contributed by atoms with Gasteiger partial charge < -0.3 is 14.6 Å². The summed E-state index contributed by atoms with van der Waals surface area (Å²) < 4.78 is 34.1. The second-order valence-electron chi connectivity index (χ2n) is 5.41. The molecule has 2 heterocycles. The minimum Gasteiger partial charge on any atom is -0.472 e. The van der Waals surface area contributed by atoms with Crippen molar-refractivity contribution in [3.63, 3.8) is 0 Å². The number of alkyl halides is 2. The molecule has 0 bridgehead atoms. The molecule has 10 heteroatoms. The number of rotatable bonds is 6. The smallest absolute Gasteiger partial charge is 0.321 e. The zero-order valence-electron chi connectivity index (χ0n) is 13.3. The van der Waals surface area contributed by atoms with Gasteiger partial charge >= 0.3 is 6.03 Å². The lowest BCUT2D eigenvalue weighted by Gasteiger charge is -2.21. The van der Waals surface area contributed by atoms with Crippen molar-refractivity contribution < 1.29 is 22.8 Å². The molecule has 0 fully saturated rings. The fraction of sp³-hybridized carbons (Fsp3) is 0.429. The van der Waals surface area contributed by atoms with Gasteiger partial charge in [0.2, 0.25) is 5.88 Å². The first-order valence-corrected chi connectivity index (χ1v) is 7.04. The summed E-state index contributed by atoms with van der Waals surface area (Å²) >= 11 is 0. The normalized spacial score (nSPS) is 11.4. The van der Waals surface area contributed by atoms with Crippen molar-refractivity contribution in [1.29, 1.82) is 0 Å². The maximum absolute atomic E-state index is 12.1. The first kappa shape index (κ1) is 17.6. The van der Waals surface area contributed by atoms with E-state index < -0.39 is 24.6 Å². The molecule has 2 amide bonds. The summed E-state index contributed by atoms with van der Waals surface area (Å²) in [5.74, 6) is 0.833. The van der Waals surface area contributed by atoms with Gasteiger partial charge in [-0.1, -0.05) is 11.2 Å². The fourth-order valence-corrected chi connectivity index (χ4v) is 1.75. The predicted molar refractivity (Wildman–Crippen MR) is 80.0 cm³/mol. The summed E-state index contributed by atoms with van der Waals surface area (Å²) in [4.78, 5) is 20.1. The molecule has 0 aromatic carbocycles. The Morgan fingerprint density at radius 1 is 1.38 bits per heavy atom. The van der Waals surface area contributed by atoms with Crippen LogP contribution in [0.15, 0.2) is 22.7 Å². The van der Waals surface area contributed by atoms with Crippen LogP contribution in [0.25, 0.3) is 0 Å². The quantitative estimate of drug-likeness (QED) is 0.837. The number of halogens is 2. The maximum Gasteiger partial charge on any atom is 0.321 e. The summed E-state index contributed by atoms with van der Waals surface area (Å²) in [6.45, 7) is 4.27. The van der Waals surface area contributed by atoms with E-state index >= 15 is 0 Å². The van der Waals surface area contributed by atoms with Crippen LogP contribution in [0.4, 0.5) is 19.4 Å². The number of ether oxygens (including phenoxy) is 1. The number of aromatic nitrogens is 3. The van der Waals surface area contributed by atoms with E-state index in [1.54, 1.807) is 20.8 Å². The highest BCUT2D eigenvalue weighted by Gasteiger charge is 2.29. The van der Waals surface area contributed by atoms with Gasteiger partial charge in [-0.15, -0.1) is 0 Å². The molecule has 2 rings (SSSR count). The van der Waals surface area contributed by atoms with Crippen LogP contribution in [0.5, 0.6) is 5.88 Å². The van der Waals surface area contributed by atoms with Gasteiger partial charge in [0.05, 0.1) is 0 Å². The van der Waals surface area contributed by atoms with Crippen molar-refractivity contribution in [2.45, 2.75) is 32.7 Å². The minimum atomic E-state index is -2.61. The highest BCUT2D eigenvalue weighted by Crippen LogP contribution is 2.18. The summed E-state index contributed by atoms with van der Waals surface area (Å²) in [7, 11) is 0. The molecule has 0 aliphatic rings. The lowest BCUT2D eigenvalue weighted by molar-refractivity contribution is 0.0796. The summed E-state index contributed by atoms with van der Waals surface area (Å²) in [5, 5.41) is 8.81. The van der Waals surface area contributed by atoms with Crippen LogP contribution in [-0.2, 0) is 5.54 Å². The molecule has 0 saturated heterocycles. The number of pyridine rings is 1. The number of hydrogen-bond donors (Lipinski definition) is 2. The van der Waals surface area contributed by atoms with Crippen molar-refractivity contribution in [2.75, 3.05) is 11.9 Å². The maximum atomic E-state index is 12.1. The highest BCUT2D eigenvalue weighted by atomic mass is 19.3. The number of anilines is 1. The van der Waals surface area contributed by atoms with Gasteiger partial charge in [-0.05, 0) is 26.8 Å². The Kier molecular flexibility index (Phi) is 5.27. The Hall–Kier alpha value is -2.78. The van der Waals surface area contributed by atoms with Crippen LogP contribution in [0.3, 0.4) is 0 Å². The number of carbonyl (C=O) groups excluding carboxylic acids is 1. The number of nitrogens with one attached hydrogen (secondary N) is 2. The molecule has 0 atom stereocenters. The molecular formula is C14H17F2N5O3. The van der Waals surface area contributed by atoms with Crippen LogP contribution in [0.1, 0.15) is 25.6 Å². The van der Waals surface area contributed by atoms with Crippen LogP contribution >= 0.6 is 0 Å². The third kappa shape index (κ3) is 4.86. The van der Waals surface area contributed by atoms with Crippen LogP contribution in [0.2, 0.25) is 0 Å². The molecule has 0 spiro atoms. The van der Waals surface area contributed by atoms with Gasteiger partial charge in [0.15, 0.2) is 12.4 Å². The lowest BCUT2D eigenvalue weighted by Crippen LogP contribution is -2.43. The molecular weight excluding hydrogens is 324 g/mol. The Morgan fingerprint density at radius 3 is 2.75 bits per heavy atom. The van der Waals surface area contributed by atoms with E-state index in [2.05, 4.69) is 25.8 Å². The topological polar surface area (TPSA) is 102 Å². The summed E-state index contributed by atoms with van der Waals surface area (Å²) in [5.41, 5.74) is -0.908. The highest BCUT2D eigenvalue weighted by molar-refractivity contribution is 5.88. The molecule has 130 valence electrons. The largest absolute Gasteiger partial charge is 0.472 e. The van der Waals surface area contributed by atoms with Gasteiger partial charge in [0.1, 0.15) is 11.4 Å². The minimum absolute atomic E-state index is 0.0140. The van der Waals surface area contributed by atoms with Crippen molar-refractivity contribution in [1.82, 2.24) is 20.4 Å². The van der Waals surface area contributed by atoms with Gasteiger partial charge in [0, 0.05) is 6.07 Å². The van der Waals surface area contributed by atoms with Gasteiger partial charge in [-0.25, -0.2) is 13.6 Å². The molecule has 2 aromatic rings. The SMILES string of the molecule is Cc1noc(C(C)(C)NC(=O)Nc2cccc(OCC(F)F)n2)n1. The van der Waals surface area contributed by atoms with Gasteiger partial charge in [0.25, 0.3) is 12.3 Å². The zero-order valence-corrected chi connectivity index (χ0v) is 13.3. The molecule has 0 aliphatic heterocycles. The van der Waals surface area contributed by atoms with Crippen LogP contribution in [-0.4, -0.2) is 34.2 Å². The molecule has 24 heavy (non-hydrogen) atoms. The number of urea groups is 1. The summed E-state index contributed by atoms with van der Waals surface area (Å²) in [6, 6.07) is 3.86. The Labute approximate surface area is 136 Å². The Balaban J connectivity index is 1.98. The zero-order chi connectivity index (χ0) is 17.7. The van der Waals surface area contributed by atoms with E-state index in [0.29, 0.717) is 5.82 Å². The van der Waals surface area contributed by atoms with E-state index in [9.17, 15) is 13.6 Å². The van der Waals surface area contributed by atoms with Crippen LogP contribution in [0, 0.1) is 6.92 Å². The number of amides is 2. The van der Waals surface area contributed by atoms with E-state index in [1.165, 1.54) is 18.2 Å². The van der Waals surface area contributed by atoms with Crippen molar-refractivity contribution in [3.8, 4) is 5.88 Å². The third-order valence-electron chi connectivity index (χ3n) is 2.81. The molecule has 2 aromatic heterocycles. The molecule has 0 aliphatic carbocycles. The first-order chi connectivity index (χ1) is 11.3. The van der Waals surface area contributed by atoms with E-state index in [4.69, 9.17) is 9.26 Å². The molecule has 0 radical (unpaired) electrons. The average Bonchev–Trinajstić information content (AvgIpc) is 2.92. The Morgan fingerprint density at radius 2 is 2.12 bits per heavy atom.